The number of para-hydroxylation sites is 1. The van der Waals surface area contributed by atoms with Crippen LogP contribution >= 0.6 is 0 Å². The van der Waals surface area contributed by atoms with E-state index in [0.717, 1.165) is 25.4 Å². The smallest absolute Gasteiger partial charge is 0.126 e. The predicted octanol–water partition coefficient (Wildman–Crippen LogP) is 3.85. The fourth-order valence-electron chi connectivity index (χ4n) is 2.37. The molecule has 0 aromatic heterocycles. The molecule has 2 aromatic carbocycles. The zero-order valence-electron chi connectivity index (χ0n) is 11.4. The van der Waals surface area contributed by atoms with Crippen LogP contribution in [0.15, 0.2) is 54.6 Å². The van der Waals surface area contributed by atoms with E-state index in [0.29, 0.717) is 6.61 Å². The highest BCUT2D eigenvalue weighted by atomic mass is 16.5. The Morgan fingerprint density at radius 1 is 0.850 bits per heavy atom. The minimum absolute atomic E-state index is 0.705. The Morgan fingerprint density at radius 3 is 2.50 bits per heavy atom. The highest BCUT2D eigenvalue weighted by molar-refractivity contribution is 5.58. The normalized spacial score (nSPS) is 15.2. The maximum Gasteiger partial charge on any atom is 0.126 e. The summed E-state index contributed by atoms with van der Waals surface area (Å²) in [4.78, 5) is 0. The molecule has 0 amide bonds. The number of benzene rings is 2. The van der Waals surface area contributed by atoms with Gasteiger partial charge in [0.05, 0.1) is 13.2 Å². The molecule has 2 nitrogen and oxygen atoms in total. The minimum atomic E-state index is 0.705. The summed E-state index contributed by atoms with van der Waals surface area (Å²) in [6.07, 6.45) is 5.18. The van der Waals surface area contributed by atoms with Crippen LogP contribution in [0.3, 0.4) is 0 Å². The molecule has 0 N–H and O–H groups in total. The van der Waals surface area contributed by atoms with Gasteiger partial charge in [0.25, 0.3) is 0 Å². The Morgan fingerprint density at radius 2 is 1.65 bits per heavy atom. The van der Waals surface area contributed by atoms with E-state index in [2.05, 4.69) is 30.3 Å². The molecule has 0 saturated carbocycles. The average Bonchev–Trinajstić information content (AvgIpc) is 2.56. The Labute approximate surface area is 119 Å². The number of hydrogen-bond donors (Lipinski definition) is 0. The molecule has 4 rings (SSSR count). The number of hydrogen-bond acceptors (Lipinski definition) is 2. The highest BCUT2D eigenvalue weighted by Crippen LogP contribution is 2.21. The van der Waals surface area contributed by atoms with Gasteiger partial charge in [-0.05, 0) is 29.7 Å². The van der Waals surface area contributed by atoms with Crippen molar-refractivity contribution in [2.75, 3.05) is 13.2 Å². The van der Waals surface area contributed by atoms with Crippen LogP contribution in [0.1, 0.15) is 16.7 Å². The van der Waals surface area contributed by atoms with E-state index in [4.69, 9.17) is 9.47 Å². The van der Waals surface area contributed by atoms with E-state index < -0.39 is 0 Å². The van der Waals surface area contributed by atoms with Crippen LogP contribution in [0.5, 0.6) is 5.75 Å². The molecule has 0 spiro atoms. The van der Waals surface area contributed by atoms with Crippen LogP contribution in [0, 0.1) is 0 Å². The molecule has 2 aliphatic rings. The summed E-state index contributed by atoms with van der Waals surface area (Å²) in [6, 6.07) is 16.5. The Bertz CT molecular complexity index is 577. The van der Waals surface area contributed by atoms with Crippen LogP contribution < -0.4 is 4.74 Å². The topological polar surface area (TPSA) is 18.5 Å². The Balaban J connectivity index is 0.000000121. The maximum absolute atomic E-state index is 5.34. The zero-order chi connectivity index (χ0) is 13.6. The molecule has 0 atom stereocenters. The van der Waals surface area contributed by atoms with E-state index in [9.17, 15) is 0 Å². The number of fused-ring (bicyclic) bond motifs is 2. The van der Waals surface area contributed by atoms with Crippen molar-refractivity contribution in [3.05, 3.63) is 71.3 Å². The molecule has 0 saturated heterocycles. The summed E-state index contributed by atoms with van der Waals surface area (Å²) in [7, 11) is 0. The van der Waals surface area contributed by atoms with E-state index >= 15 is 0 Å². The Kier molecular flexibility index (Phi) is 4.14. The molecule has 0 aliphatic carbocycles. The predicted molar refractivity (Wildman–Crippen MR) is 80.8 cm³/mol. The lowest BCUT2D eigenvalue weighted by atomic mass is 10.0. The van der Waals surface area contributed by atoms with E-state index in [1.165, 1.54) is 16.7 Å². The molecule has 2 heterocycles. The molecular weight excluding hydrogens is 248 g/mol. The molecule has 2 heteroatoms. The van der Waals surface area contributed by atoms with Crippen LogP contribution in [0.4, 0.5) is 0 Å². The van der Waals surface area contributed by atoms with Crippen molar-refractivity contribution in [3.8, 4) is 5.75 Å². The third kappa shape index (κ3) is 3.09. The van der Waals surface area contributed by atoms with Gasteiger partial charge in [-0.2, -0.15) is 0 Å². The summed E-state index contributed by atoms with van der Waals surface area (Å²) < 4.78 is 10.6. The quantitative estimate of drug-likeness (QED) is 0.721. The first-order chi connectivity index (χ1) is 9.93. The van der Waals surface area contributed by atoms with Crippen LogP contribution in [0.2, 0.25) is 0 Å². The van der Waals surface area contributed by atoms with Gasteiger partial charge in [0.2, 0.25) is 0 Å². The molecule has 0 fully saturated rings. The van der Waals surface area contributed by atoms with Crippen molar-refractivity contribution in [2.24, 2.45) is 0 Å². The van der Waals surface area contributed by atoms with Gasteiger partial charge in [0, 0.05) is 5.56 Å². The summed E-state index contributed by atoms with van der Waals surface area (Å²) in [5.74, 6) is 0.991. The first-order valence-electron chi connectivity index (χ1n) is 6.96. The lowest BCUT2D eigenvalue weighted by Gasteiger charge is -2.14. The fraction of sp³-hybridized carbons (Fsp3) is 0.222. The first-order valence-corrected chi connectivity index (χ1v) is 6.96. The SMILES string of the molecule is C1=Cc2ccccc2OC1.c1ccc2c(c1)CCOC2. The number of ether oxygens (including phenoxy) is 2. The van der Waals surface area contributed by atoms with Crippen molar-refractivity contribution in [3.63, 3.8) is 0 Å². The third-order valence-electron chi connectivity index (χ3n) is 3.44. The maximum atomic E-state index is 5.34. The number of rotatable bonds is 0. The summed E-state index contributed by atoms with van der Waals surface area (Å²) in [5, 5.41) is 0. The van der Waals surface area contributed by atoms with Crippen molar-refractivity contribution in [1.29, 1.82) is 0 Å². The molecule has 102 valence electrons. The van der Waals surface area contributed by atoms with Crippen molar-refractivity contribution in [1.82, 2.24) is 0 Å². The largest absolute Gasteiger partial charge is 0.489 e. The lowest BCUT2D eigenvalue weighted by Crippen LogP contribution is -2.08. The molecule has 0 radical (unpaired) electrons. The zero-order valence-corrected chi connectivity index (χ0v) is 11.4. The second-order valence-corrected chi connectivity index (χ2v) is 4.82. The molecule has 2 aromatic rings. The molecule has 2 aliphatic heterocycles. The van der Waals surface area contributed by atoms with Crippen molar-refractivity contribution < 1.29 is 9.47 Å². The van der Waals surface area contributed by atoms with Crippen LogP contribution in [0.25, 0.3) is 6.08 Å². The standard InChI is InChI=1S/C9H8O.C9H10O/c1-2-6-9-8(4-1)5-3-7-10-9;1-2-4-9-7-10-6-5-8(9)3-1/h1-6H,7H2;1-4H,5-7H2. The van der Waals surface area contributed by atoms with Gasteiger partial charge in [-0.15, -0.1) is 0 Å². The first kappa shape index (κ1) is 12.9. The molecule has 20 heavy (non-hydrogen) atoms. The second-order valence-electron chi connectivity index (χ2n) is 4.82. The molecule has 0 bridgehead atoms. The van der Waals surface area contributed by atoms with Gasteiger partial charge in [-0.25, -0.2) is 0 Å². The average molecular weight is 266 g/mol. The Hall–Kier alpha value is -2.06. The van der Waals surface area contributed by atoms with Gasteiger partial charge < -0.3 is 9.47 Å². The van der Waals surface area contributed by atoms with Gasteiger partial charge in [-0.1, -0.05) is 48.5 Å². The van der Waals surface area contributed by atoms with E-state index in [1.54, 1.807) is 0 Å². The lowest BCUT2D eigenvalue weighted by molar-refractivity contribution is 0.111. The monoisotopic (exact) mass is 266 g/mol. The van der Waals surface area contributed by atoms with E-state index in [1.807, 2.05) is 30.3 Å². The van der Waals surface area contributed by atoms with Crippen molar-refractivity contribution >= 4 is 6.08 Å². The minimum Gasteiger partial charge on any atom is -0.489 e. The van der Waals surface area contributed by atoms with Crippen LogP contribution in [-0.2, 0) is 17.8 Å². The van der Waals surface area contributed by atoms with Crippen LogP contribution in [-0.4, -0.2) is 13.2 Å². The van der Waals surface area contributed by atoms with Gasteiger partial charge in [0.1, 0.15) is 12.4 Å². The summed E-state index contributed by atoms with van der Waals surface area (Å²) in [5.41, 5.74) is 3.98. The van der Waals surface area contributed by atoms with Gasteiger partial charge >= 0.3 is 0 Å². The summed E-state index contributed by atoms with van der Waals surface area (Å²) >= 11 is 0. The molecular formula is C18H18O2. The van der Waals surface area contributed by atoms with Gasteiger partial charge in [0.15, 0.2) is 0 Å². The second kappa shape index (κ2) is 6.40. The highest BCUT2D eigenvalue weighted by Gasteiger charge is 2.06. The van der Waals surface area contributed by atoms with E-state index in [-0.39, 0.29) is 0 Å². The van der Waals surface area contributed by atoms with Crippen molar-refractivity contribution in [2.45, 2.75) is 13.0 Å². The summed E-state index contributed by atoms with van der Waals surface area (Å²) in [6.45, 7) is 2.39. The third-order valence-corrected chi connectivity index (χ3v) is 3.44. The van der Waals surface area contributed by atoms with Gasteiger partial charge in [-0.3, -0.25) is 0 Å². The molecule has 0 unspecified atom stereocenters. The fourth-order valence-corrected chi connectivity index (χ4v) is 2.37.